The van der Waals surface area contributed by atoms with Gasteiger partial charge in [-0.15, -0.1) is 13.2 Å². The lowest BCUT2D eigenvalue weighted by Gasteiger charge is -2.21. The van der Waals surface area contributed by atoms with Crippen molar-refractivity contribution < 1.29 is 22.7 Å². The number of fused-ring (bicyclic) bond motifs is 1. The number of allylic oxidation sites excluding steroid dienone is 2. The Bertz CT molecular complexity index is 1670. The number of alkyl halides is 3. The summed E-state index contributed by atoms with van der Waals surface area (Å²) < 4.78 is 46.0. The summed E-state index contributed by atoms with van der Waals surface area (Å²) in [4.78, 5) is 55.2. The normalized spacial score (nSPS) is 11.5. The van der Waals surface area contributed by atoms with Gasteiger partial charge in [-0.05, 0) is 24.3 Å². The third-order valence-electron chi connectivity index (χ3n) is 5.85. The number of hydrogen-bond donors (Lipinski definition) is 1. The van der Waals surface area contributed by atoms with Gasteiger partial charge in [0.25, 0.3) is 11.5 Å². The summed E-state index contributed by atoms with van der Waals surface area (Å²) in [6.07, 6.45) is 0.569. The van der Waals surface area contributed by atoms with Crippen LogP contribution in [0.2, 0.25) is 0 Å². The fraction of sp³-hybridized carbons (Fsp3) is 0.231. The fourth-order valence-electron chi connectivity index (χ4n) is 3.92. The number of rotatable bonds is 10. The van der Waals surface area contributed by atoms with Crippen molar-refractivity contribution in [3.05, 3.63) is 94.1 Å². The van der Waals surface area contributed by atoms with E-state index >= 15 is 0 Å². The van der Waals surface area contributed by atoms with Gasteiger partial charge in [0.1, 0.15) is 22.9 Å². The van der Waals surface area contributed by atoms with Crippen LogP contribution in [0.5, 0.6) is 0 Å². The second kappa shape index (κ2) is 11.5. The van der Waals surface area contributed by atoms with Crippen molar-refractivity contribution in [2.24, 2.45) is 0 Å². The predicted octanol–water partition coefficient (Wildman–Crippen LogP) is 3.03. The first-order chi connectivity index (χ1) is 19.1. The fourth-order valence-corrected chi connectivity index (χ4v) is 3.92. The van der Waals surface area contributed by atoms with Crippen LogP contribution in [0, 0.1) is 0 Å². The molecule has 0 aromatic carbocycles. The maximum absolute atomic E-state index is 13.1. The number of ether oxygens (including phenoxy) is 1. The first kappa shape index (κ1) is 28.2. The Morgan fingerprint density at radius 2 is 1.80 bits per heavy atom. The number of nitrogens with zero attached hydrogens (tertiary/aromatic N) is 6. The van der Waals surface area contributed by atoms with Crippen LogP contribution in [0.1, 0.15) is 16.1 Å². The van der Waals surface area contributed by atoms with Crippen LogP contribution in [0.25, 0.3) is 22.6 Å². The predicted molar refractivity (Wildman–Crippen MR) is 141 cm³/mol. The molecule has 4 aromatic heterocycles. The largest absolute Gasteiger partial charge is 0.433 e. The van der Waals surface area contributed by atoms with Crippen LogP contribution in [0.15, 0.2) is 71.6 Å². The van der Waals surface area contributed by atoms with Gasteiger partial charge in [-0.25, -0.2) is 14.8 Å². The highest BCUT2D eigenvalue weighted by atomic mass is 19.4. The standard InChI is InChI=1S/C26H24F3N7O4/c1-4-10-35-22-20(24(38)36(11-5-2)25(35)39)32-21(33-22)16-7-9-19(31-14-16)34(12-13-40-3)23(37)17-6-8-18(30-15-17)26(27,28)29/h4-9,14-15H,1-2,10-13H2,3H3,(H,32,33). The lowest BCUT2D eigenvalue weighted by atomic mass is 10.2. The smallest absolute Gasteiger partial charge is 0.383 e. The molecular formula is C26H24F3N7O4. The van der Waals surface area contributed by atoms with Crippen molar-refractivity contribution in [2.45, 2.75) is 19.3 Å². The molecule has 4 rings (SSSR count). The molecule has 40 heavy (non-hydrogen) atoms. The lowest BCUT2D eigenvalue weighted by molar-refractivity contribution is -0.141. The van der Waals surface area contributed by atoms with E-state index in [0.29, 0.717) is 5.56 Å². The van der Waals surface area contributed by atoms with Gasteiger partial charge in [-0.2, -0.15) is 13.2 Å². The number of nitrogens with one attached hydrogen (secondary N) is 1. The highest BCUT2D eigenvalue weighted by molar-refractivity contribution is 6.05. The summed E-state index contributed by atoms with van der Waals surface area (Å²) in [7, 11) is 1.44. The zero-order chi connectivity index (χ0) is 29.0. The maximum Gasteiger partial charge on any atom is 0.433 e. The van der Waals surface area contributed by atoms with Gasteiger partial charge < -0.3 is 9.72 Å². The highest BCUT2D eigenvalue weighted by Gasteiger charge is 2.32. The number of H-pyrrole nitrogens is 1. The maximum atomic E-state index is 13.1. The number of aromatic nitrogens is 6. The van der Waals surface area contributed by atoms with Crippen LogP contribution in [0.3, 0.4) is 0 Å². The molecule has 14 heteroatoms. The number of halogens is 3. The van der Waals surface area contributed by atoms with Crippen LogP contribution in [-0.4, -0.2) is 55.2 Å². The van der Waals surface area contributed by atoms with E-state index in [1.807, 2.05) is 0 Å². The Balaban J connectivity index is 1.70. The van der Waals surface area contributed by atoms with Gasteiger partial charge in [0.2, 0.25) is 0 Å². The number of imidazole rings is 1. The monoisotopic (exact) mass is 555 g/mol. The van der Waals surface area contributed by atoms with Gasteiger partial charge >= 0.3 is 11.9 Å². The molecule has 1 amide bonds. The second-order valence-electron chi connectivity index (χ2n) is 8.45. The number of amides is 1. The number of carbonyl (C=O) groups excluding carboxylic acids is 1. The molecule has 0 spiro atoms. The molecule has 0 aliphatic heterocycles. The van der Waals surface area contributed by atoms with E-state index in [2.05, 4.69) is 33.1 Å². The molecule has 0 aliphatic rings. The summed E-state index contributed by atoms with van der Waals surface area (Å²) in [6, 6.07) is 4.88. The number of carbonyl (C=O) groups is 1. The van der Waals surface area contributed by atoms with Crippen LogP contribution in [0.4, 0.5) is 19.0 Å². The summed E-state index contributed by atoms with van der Waals surface area (Å²) in [5.74, 6) is -0.182. The van der Waals surface area contributed by atoms with Crippen molar-refractivity contribution in [1.29, 1.82) is 0 Å². The number of aromatic amines is 1. The molecule has 0 atom stereocenters. The molecule has 1 N–H and O–H groups in total. The Morgan fingerprint density at radius 1 is 1.07 bits per heavy atom. The van der Waals surface area contributed by atoms with Gasteiger partial charge in [-0.1, -0.05) is 12.2 Å². The Morgan fingerprint density at radius 3 is 2.38 bits per heavy atom. The SMILES string of the molecule is C=CCn1c(=O)c2[nH]c(-c3ccc(N(CCOC)C(=O)c4ccc(C(F)(F)F)nc4)nc3)nc2n(CC=C)c1=O. The molecule has 11 nitrogen and oxygen atoms in total. The average Bonchev–Trinajstić information content (AvgIpc) is 3.39. The van der Waals surface area contributed by atoms with E-state index in [0.717, 1.165) is 22.9 Å². The molecule has 0 saturated heterocycles. The second-order valence-corrected chi connectivity index (χ2v) is 8.45. The minimum atomic E-state index is -4.63. The van der Waals surface area contributed by atoms with Gasteiger partial charge in [0.15, 0.2) is 5.65 Å². The zero-order valence-electron chi connectivity index (χ0n) is 21.3. The van der Waals surface area contributed by atoms with Crippen LogP contribution >= 0.6 is 0 Å². The van der Waals surface area contributed by atoms with E-state index in [4.69, 9.17) is 4.74 Å². The van der Waals surface area contributed by atoms with Crippen molar-refractivity contribution >= 4 is 22.9 Å². The van der Waals surface area contributed by atoms with Crippen LogP contribution in [-0.2, 0) is 24.0 Å². The quantitative estimate of drug-likeness (QED) is 0.298. The first-order valence-corrected chi connectivity index (χ1v) is 11.9. The summed E-state index contributed by atoms with van der Waals surface area (Å²) in [5.41, 5.74) is -1.62. The molecule has 0 bridgehead atoms. The molecule has 208 valence electrons. The molecule has 0 fully saturated rings. The number of pyridine rings is 2. The van der Waals surface area contributed by atoms with Gasteiger partial charge in [-0.3, -0.25) is 28.6 Å². The Labute approximate surface area is 224 Å². The van der Waals surface area contributed by atoms with E-state index < -0.39 is 29.0 Å². The van der Waals surface area contributed by atoms with E-state index in [1.165, 1.54) is 41.0 Å². The van der Waals surface area contributed by atoms with Crippen molar-refractivity contribution in [3.8, 4) is 11.4 Å². The molecule has 0 unspecified atom stereocenters. The molecule has 4 heterocycles. The van der Waals surface area contributed by atoms with Crippen molar-refractivity contribution in [2.75, 3.05) is 25.2 Å². The minimum Gasteiger partial charge on any atom is -0.383 e. The van der Waals surface area contributed by atoms with E-state index in [9.17, 15) is 27.6 Å². The number of anilines is 1. The van der Waals surface area contributed by atoms with Crippen molar-refractivity contribution in [3.63, 3.8) is 0 Å². The van der Waals surface area contributed by atoms with Crippen molar-refractivity contribution in [1.82, 2.24) is 29.1 Å². The molecular weight excluding hydrogens is 531 g/mol. The number of hydrogen-bond acceptors (Lipinski definition) is 7. The Kier molecular flexibility index (Phi) is 8.09. The minimum absolute atomic E-state index is 0.00907. The number of methoxy groups -OCH3 is 1. The van der Waals surface area contributed by atoms with E-state index in [1.54, 1.807) is 6.07 Å². The molecule has 0 radical (unpaired) electrons. The molecule has 0 aliphatic carbocycles. The third kappa shape index (κ3) is 5.47. The topological polar surface area (TPSA) is 128 Å². The summed E-state index contributed by atoms with van der Waals surface area (Å²) >= 11 is 0. The van der Waals surface area contributed by atoms with Gasteiger partial charge in [0, 0.05) is 38.2 Å². The van der Waals surface area contributed by atoms with E-state index in [-0.39, 0.29) is 54.6 Å². The van der Waals surface area contributed by atoms with Gasteiger partial charge in [0.05, 0.1) is 18.7 Å². The van der Waals surface area contributed by atoms with Crippen LogP contribution < -0.4 is 16.1 Å². The molecule has 0 saturated carbocycles. The highest BCUT2D eigenvalue weighted by Crippen LogP contribution is 2.28. The summed E-state index contributed by atoms with van der Waals surface area (Å²) in [6.45, 7) is 7.55. The average molecular weight is 556 g/mol. The summed E-state index contributed by atoms with van der Waals surface area (Å²) in [5, 5.41) is 0. The Hall–Kier alpha value is -4.85. The third-order valence-corrected chi connectivity index (χ3v) is 5.85. The molecule has 4 aromatic rings. The lowest BCUT2D eigenvalue weighted by Crippen LogP contribution is -2.39. The zero-order valence-corrected chi connectivity index (χ0v) is 21.3. The first-order valence-electron chi connectivity index (χ1n) is 11.9.